The summed E-state index contributed by atoms with van der Waals surface area (Å²) in [5.74, 6) is -3.69. The number of nitrogens with zero attached hydrogens (tertiary/aromatic N) is 1. The second-order valence-corrected chi connectivity index (χ2v) is 7.66. The highest BCUT2D eigenvalue weighted by molar-refractivity contribution is 7.91. The molecular weight excluding hydrogens is 376 g/mol. The number of benzene rings is 1. The topological polar surface area (TPSA) is 78.5 Å². The van der Waals surface area contributed by atoms with E-state index in [2.05, 4.69) is 10.6 Å². The molecule has 142 valence electrons. The highest BCUT2D eigenvalue weighted by Crippen LogP contribution is 2.20. The van der Waals surface area contributed by atoms with Crippen molar-refractivity contribution >= 4 is 33.8 Å². The van der Waals surface area contributed by atoms with Crippen LogP contribution in [0, 0.1) is 0 Å². The molecule has 2 rings (SSSR count). The fourth-order valence-corrected chi connectivity index (χ4v) is 3.39. The maximum Gasteiger partial charge on any atom is 0.341 e. The molecule has 1 heterocycles. The number of amides is 1. The Bertz CT molecular complexity index is 671. The first-order chi connectivity index (χ1) is 11.3. The van der Waals surface area contributed by atoms with Gasteiger partial charge in [0.25, 0.3) is 0 Å². The molecule has 1 aromatic carbocycles. The number of likely N-dealkylation sites (tertiary alicyclic amines) is 1. The number of sulfone groups is 1. The average molecular weight is 398 g/mol. The minimum atomic E-state index is -4.62. The van der Waals surface area contributed by atoms with Gasteiger partial charge in [0.2, 0.25) is 15.7 Å². The van der Waals surface area contributed by atoms with E-state index < -0.39 is 20.5 Å². The predicted molar refractivity (Wildman–Crippen MR) is 94.0 cm³/mol. The Morgan fingerprint density at radius 1 is 1.32 bits per heavy atom. The van der Waals surface area contributed by atoms with E-state index in [1.54, 1.807) is 0 Å². The number of hydrogen-bond acceptors (Lipinski definition) is 5. The Morgan fingerprint density at radius 3 is 2.52 bits per heavy atom. The molecule has 0 aliphatic carbocycles. The normalized spacial score (nSPS) is 18.6. The van der Waals surface area contributed by atoms with Crippen molar-refractivity contribution in [3.8, 4) is 0 Å². The van der Waals surface area contributed by atoms with Crippen molar-refractivity contribution < 1.29 is 22.0 Å². The number of anilines is 1. The molecule has 1 atom stereocenters. The number of halogens is 3. The Balaban J connectivity index is 0.00000312. The van der Waals surface area contributed by atoms with E-state index in [9.17, 15) is 22.0 Å². The van der Waals surface area contributed by atoms with Crippen molar-refractivity contribution in [1.29, 1.82) is 0 Å². The Hall–Kier alpha value is -1.29. The highest BCUT2D eigenvalue weighted by atomic mass is 35.5. The van der Waals surface area contributed by atoms with Crippen LogP contribution in [0.25, 0.3) is 0 Å². The standard InChI is InChI=1S/C15H21F2N3O3S.ClH/c1-18-12-3-2-8-20(9-12)10-14(21)19-11-4-6-13(7-5-11)24(22,23)15(16)17;/h4-7,12,15,18H,2-3,8-10H2,1H3,(H,19,21);1H. The molecule has 1 fully saturated rings. The van der Waals surface area contributed by atoms with Gasteiger partial charge in [0.15, 0.2) is 0 Å². The lowest BCUT2D eigenvalue weighted by Crippen LogP contribution is -2.46. The van der Waals surface area contributed by atoms with E-state index in [1.165, 1.54) is 12.1 Å². The number of carbonyl (C=O) groups excluding carboxylic acids is 1. The van der Waals surface area contributed by atoms with E-state index in [-0.39, 0.29) is 24.9 Å². The summed E-state index contributed by atoms with van der Waals surface area (Å²) in [6.45, 7) is 1.86. The number of likely N-dealkylation sites (N-methyl/N-ethyl adjacent to an activating group) is 1. The van der Waals surface area contributed by atoms with Gasteiger partial charge in [-0.2, -0.15) is 8.78 Å². The fraction of sp³-hybridized carbons (Fsp3) is 0.533. The molecule has 6 nitrogen and oxygen atoms in total. The van der Waals surface area contributed by atoms with Gasteiger partial charge >= 0.3 is 5.76 Å². The summed E-state index contributed by atoms with van der Waals surface area (Å²) in [4.78, 5) is 13.6. The van der Waals surface area contributed by atoms with Gasteiger partial charge in [0.05, 0.1) is 11.4 Å². The maximum atomic E-state index is 12.5. The summed E-state index contributed by atoms with van der Waals surface area (Å²) in [7, 11) is -2.72. The summed E-state index contributed by atoms with van der Waals surface area (Å²) in [6, 6.07) is 5.11. The fourth-order valence-electron chi connectivity index (χ4n) is 2.67. The summed E-state index contributed by atoms with van der Waals surface area (Å²) >= 11 is 0. The van der Waals surface area contributed by atoms with Gasteiger partial charge in [-0.25, -0.2) is 8.42 Å². The van der Waals surface area contributed by atoms with Crippen LogP contribution in [0.1, 0.15) is 12.8 Å². The molecule has 2 N–H and O–H groups in total. The van der Waals surface area contributed by atoms with Crippen molar-refractivity contribution in [2.24, 2.45) is 0 Å². The van der Waals surface area contributed by atoms with Crippen molar-refractivity contribution in [2.45, 2.75) is 29.5 Å². The van der Waals surface area contributed by atoms with Crippen LogP contribution < -0.4 is 10.6 Å². The van der Waals surface area contributed by atoms with Crippen LogP contribution >= 0.6 is 12.4 Å². The SMILES string of the molecule is CNC1CCCN(CC(=O)Nc2ccc(S(=O)(=O)C(F)F)cc2)C1.Cl. The smallest absolute Gasteiger partial charge is 0.325 e. The molecule has 10 heteroatoms. The Kier molecular flexibility index (Phi) is 8.20. The quantitative estimate of drug-likeness (QED) is 0.764. The van der Waals surface area contributed by atoms with E-state index in [4.69, 9.17) is 0 Å². The molecule has 0 aromatic heterocycles. The summed E-state index contributed by atoms with van der Waals surface area (Å²) in [6.07, 6.45) is 2.09. The molecule has 0 saturated carbocycles. The van der Waals surface area contributed by atoms with Gasteiger partial charge in [0, 0.05) is 18.3 Å². The van der Waals surface area contributed by atoms with Crippen molar-refractivity contribution in [3.63, 3.8) is 0 Å². The monoisotopic (exact) mass is 397 g/mol. The largest absolute Gasteiger partial charge is 0.341 e. The second-order valence-electron chi connectivity index (χ2n) is 5.74. The third kappa shape index (κ3) is 5.88. The molecule has 0 spiro atoms. The third-order valence-electron chi connectivity index (χ3n) is 3.98. The minimum absolute atomic E-state index is 0. The number of piperidine rings is 1. The van der Waals surface area contributed by atoms with E-state index in [1.807, 2.05) is 11.9 Å². The number of hydrogen-bond donors (Lipinski definition) is 2. The molecule has 1 unspecified atom stereocenters. The average Bonchev–Trinajstić information content (AvgIpc) is 2.55. The maximum absolute atomic E-state index is 12.5. The van der Waals surface area contributed by atoms with Crippen LogP contribution in [-0.4, -0.2) is 57.7 Å². The summed E-state index contributed by atoms with van der Waals surface area (Å²) < 4.78 is 47.6. The lowest BCUT2D eigenvalue weighted by atomic mass is 10.1. The number of nitrogens with one attached hydrogen (secondary N) is 2. The number of alkyl halides is 2. The molecule has 1 aliphatic heterocycles. The van der Waals surface area contributed by atoms with Gasteiger partial charge in [-0.1, -0.05) is 0 Å². The predicted octanol–water partition coefficient (Wildman–Crippen LogP) is 1.73. The van der Waals surface area contributed by atoms with Gasteiger partial charge in [-0.05, 0) is 50.7 Å². The van der Waals surface area contributed by atoms with Gasteiger partial charge in [-0.3, -0.25) is 9.69 Å². The van der Waals surface area contributed by atoms with Crippen molar-refractivity contribution in [3.05, 3.63) is 24.3 Å². The molecule has 1 saturated heterocycles. The zero-order chi connectivity index (χ0) is 17.7. The first kappa shape index (κ1) is 21.8. The van der Waals surface area contributed by atoms with E-state index in [0.29, 0.717) is 11.7 Å². The molecule has 25 heavy (non-hydrogen) atoms. The molecular formula is C15H22ClF2N3O3S. The first-order valence-corrected chi connectivity index (χ1v) is 9.19. The molecule has 1 amide bonds. The summed E-state index contributed by atoms with van der Waals surface area (Å²) in [5.41, 5.74) is 0.371. The zero-order valence-electron chi connectivity index (χ0n) is 13.7. The second kappa shape index (κ2) is 9.42. The Morgan fingerprint density at radius 2 is 1.96 bits per heavy atom. The number of carbonyl (C=O) groups is 1. The molecule has 1 aromatic rings. The zero-order valence-corrected chi connectivity index (χ0v) is 15.4. The van der Waals surface area contributed by atoms with Crippen LogP contribution in [0.4, 0.5) is 14.5 Å². The van der Waals surface area contributed by atoms with Crippen molar-refractivity contribution in [1.82, 2.24) is 10.2 Å². The lowest BCUT2D eigenvalue weighted by Gasteiger charge is -2.31. The molecule has 0 bridgehead atoms. The van der Waals surface area contributed by atoms with Crippen LogP contribution in [-0.2, 0) is 14.6 Å². The lowest BCUT2D eigenvalue weighted by molar-refractivity contribution is -0.117. The van der Waals surface area contributed by atoms with Gasteiger partial charge < -0.3 is 10.6 Å². The van der Waals surface area contributed by atoms with Gasteiger partial charge in [-0.15, -0.1) is 12.4 Å². The van der Waals surface area contributed by atoms with Crippen LogP contribution in [0.15, 0.2) is 29.2 Å². The van der Waals surface area contributed by atoms with Crippen LogP contribution in [0.5, 0.6) is 0 Å². The molecule has 0 radical (unpaired) electrons. The first-order valence-electron chi connectivity index (χ1n) is 7.64. The van der Waals surface area contributed by atoms with Crippen LogP contribution in [0.3, 0.4) is 0 Å². The Labute approximate surface area is 152 Å². The van der Waals surface area contributed by atoms with E-state index in [0.717, 1.165) is 38.1 Å². The number of rotatable bonds is 6. The van der Waals surface area contributed by atoms with Crippen molar-refractivity contribution in [2.75, 3.05) is 32.0 Å². The van der Waals surface area contributed by atoms with Crippen LogP contribution in [0.2, 0.25) is 0 Å². The third-order valence-corrected chi connectivity index (χ3v) is 5.38. The van der Waals surface area contributed by atoms with E-state index >= 15 is 0 Å². The highest BCUT2D eigenvalue weighted by Gasteiger charge is 2.26. The minimum Gasteiger partial charge on any atom is -0.325 e. The van der Waals surface area contributed by atoms with Gasteiger partial charge in [0.1, 0.15) is 0 Å². The molecule has 1 aliphatic rings. The summed E-state index contributed by atoms with van der Waals surface area (Å²) in [5, 5.41) is 5.84.